The monoisotopic (exact) mass is 1100 g/mol. The van der Waals surface area contributed by atoms with E-state index >= 15 is 0 Å². The number of rotatable bonds is 5. The Bertz CT molecular complexity index is 4530. The van der Waals surface area contributed by atoms with E-state index in [9.17, 15) is 9.59 Å². The smallest absolute Gasteiger partial charge is 0.344 e. The second kappa shape index (κ2) is 17.9. The molecule has 0 N–H and O–H groups in total. The van der Waals surface area contributed by atoms with Crippen molar-refractivity contribution in [1.29, 1.82) is 0 Å². The van der Waals surface area contributed by atoms with E-state index in [4.69, 9.17) is 8.83 Å². The van der Waals surface area contributed by atoms with Gasteiger partial charge in [-0.25, -0.2) is 9.59 Å². The van der Waals surface area contributed by atoms with Crippen LogP contribution < -0.4 is 21.1 Å². The van der Waals surface area contributed by atoms with Crippen LogP contribution in [0, 0.1) is 0 Å². The van der Waals surface area contributed by atoms with Crippen molar-refractivity contribution < 1.29 is 8.83 Å². The Morgan fingerprint density at radius 2 is 0.607 bits per heavy atom. The third kappa shape index (κ3) is 7.41. The standard InChI is InChI=1S/C78H68N2O4/c1-75(2)33-37-79-39-35-77(5,6)67-69(79)61(75)43-49-41-59(73(81)83-71(49)67)45-25-29-47(30-26-45)63-51-17-9-13-21-55(51)65(56-22-14-10-18-52(56)63)66-57-23-15-11-19-53(57)64(54-20-12-16-24-58(54)66)48-31-27-46(28-32-48)60-42-50-44-62-70-68(72(50)84-74(60)82)78(7,8)36-40-80(70)38-34-76(62,3)4/h9-32,41-44H,33-40H2,1-8H3. The van der Waals surface area contributed by atoms with Crippen molar-refractivity contribution >= 4 is 76.4 Å². The molecule has 6 heteroatoms. The van der Waals surface area contributed by atoms with Crippen LogP contribution in [0.1, 0.15) is 103 Å². The first-order valence-electron chi connectivity index (χ1n) is 30.4. The summed E-state index contributed by atoms with van der Waals surface area (Å²) in [5, 5.41) is 11.3. The summed E-state index contributed by atoms with van der Waals surface area (Å²) in [7, 11) is 0. The molecule has 0 radical (unpaired) electrons. The van der Waals surface area contributed by atoms with Gasteiger partial charge in [0.25, 0.3) is 0 Å². The van der Waals surface area contributed by atoms with E-state index in [1.54, 1.807) is 0 Å². The molecule has 6 nitrogen and oxygen atoms in total. The van der Waals surface area contributed by atoms with Gasteiger partial charge in [-0.2, -0.15) is 0 Å². The molecular formula is C78H68N2O4. The van der Waals surface area contributed by atoms with Crippen LogP contribution in [-0.2, 0) is 21.7 Å². The number of nitrogens with zero attached hydrogens (tertiary/aromatic N) is 2. The quantitative estimate of drug-likeness (QED) is 0.126. The van der Waals surface area contributed by atoms with E-state index in [0.29, 0.717) is 11.1 Å². The number of hydrogen-bond acceptors (Lipinski definition) is 6. The molecule has 84 heavy (non-hydrogen) atoms. The van der Waals surface area contributed by atoms with Crippen LogP contribution in [0.25, 0.3) is 121 Å². The molecule has 10 aromatic carbocycles. The van der Waals surface area contributed by atoms with E-state index in [1.165, 1.54) is 44.8 Å². The fourth-order valence-electron chi connectivity index (χ4n) is 15.8. The van der Waals surface area contributed by atoms with Crippen LogP contribution in [0.2, 0.25) is 0 Å². The Kier molecular flexibility index (Phi) is 10.8. The highest BCUT2D eigenvalue weighted by molar-refractivity contribution is 6.30. The van der Waals surface area contributed by atoms with Gasteiger partial charge >= 0.3 is 11.3 Å². The van der Waals surface area contributed by atoms with Crippen LogP contribution in [0.15, 0.2) is 188 Å². The average molecular weight is 1100 g/mol. The molecule has 0 aliphatic carbocycles. The van der Waals surface area contributed by atoms with Crippen molar-refractivity contribution in [2.45, 2.75) is 103 Å². The van der Waals surface area contributed by atoms with Crippen LogP contribution >= 0.6 is 0 Å². The molecule has 414 valence electrons. The average Bonchev–Trinajstić information content (AvgIpc) is 0.835. The Morgan fingerprint density at radius 1 is 0.333 bits per heavy atom. The molecule has 0 atom stereocenters. The summed E-state index contributed by atoms with van der Waals surface area (Å²) >= 11 is 0. The SMILES string of the molecule is CC1(C)CCN2CCC(C)(C)c3c2c1cc1cc(-c2ccc(-c4c5ccccc5c(-c5c6ccccc6c(-c6ccc(-c7cc8cc9c%10c(c8oc7=O)C(C)(C)CCN%10CCC9(C)C)cc6)c6ccccc56)c5ccccc45)cc2)c(=O)oc31. The topological polar surface area (TPSA) is 66.9 Å². The maximum atomic E-state index is 14.3. The molecule has 0 saturated carbocycles. The van der Waals surface area contributed by atoms with Gasteiger partial charge in [0.2, 0.25) is 0 Å². The molecular weight excluding hydrogens is 1030 g/mol. The predicted molar refractivity (Wildman–Crippen MR) is 351 cm³/mol. The van der Waals surface area contributed by atoms with E-state index in [2.05, 4.69) is 235 Å². The summed E-state index contributed by atoms with van der Waals surface area (Å²) in [6.07, 6.45) is 4.21. The van der Waals surface area contributed by atoms with Gasteiger partial charge in [-0.3, -0.25) is 0 Å². The Balaban J connectivity index is 0.817. The highest BCUT2D eigenvalue weighted by Gasteiger charge is 2.44. The number of anilines is 2. The van der Waals surface area contributed by atoms with Crippen molar-refractivity contribution in [2.75, 3.05) is 36.0 Å². The molecule has 0 amide bonds. The summed E-state index contributed by atoms with van der Waals surface area (Å²) in [5.41, 5.74) is 17.9. The molecule has 0 bridgehead atoms. The number of hydrogen-bond donors (Lipinski definition) is 0. The van der Waals surface area contributed by atoms with Gasteiger partial charge in [0.1, 0.15) is 11.2 Å². The highest BCUT2D eigenvalue weighted by Crippen LogP contribution is 2.55. The lowest BCUT2D eigenvalue weighted by Gasteiger charge is -2.48. The minimum Gasteiger partial charge on any atom is -0.422 e. The number of benzene rings is 10. The first-order chi connectivity index (χ1) is 40.5. The molecule has 0 spiro atoms. The van der Waals surface area contributed by atoms with Gasteiger partial charge < -0.3 is 18.6 Å². The van der Waals surface area contributed by atoms with E-state index in [1.807, 2.05) is 0 Å². The fraction of sp³-hybridized carbons (Fsp3) is 0.256. The van der Waals surface area contributed by atoms with Crippen LogP contribution in [0.5, 0.6) is 0 Å². The Labute approximate surface area is 490 Å². The zero-order valence-electron chi connectivity index (χ0n) is 49.4. The van der Waals surface area contributed by atoms with E-state index < -0.39 is 0 Å². The highest BCUT2D eigenvalue weighted by atomic mass is 16.4. The van der Waals surface area contributed by atoms with Crippen molar-refractivity contribution in [1.82, 2.24) is 0 Å². The van der Waals surface area contributed by atoms with Gasteiger partial charge in [-0.1, -0.05) is 201 Å². The molecule has 4 aliphatic heterocycles. The molecule has 0 saturated heterocycles. The first kappa shape index (κ1) is 50.9. The summed E-state index contributed by atoms with van der Waals surface area (Å²) in [5.74, 6) is 0. The van der Waals surface area contributed by atoms with Gasteiger partial charge in [-0.15, -0.1) is 0 Å². The summed E-state index contributed by atoms with van der Waals surface area (Å²) in [4.78, 5) is 33.6. The lowest BCUT2D eigenvalue weighted by atomic mass is 9.69. The van der Waals surface area contributed by atoms with Crippen molar-refractivity contribution in [3.05, 3.63) is 213 Å². The van der Waals surface area contributed by atoms with Crippen molar-refractivity contribution in [3.8, 4) is 55.6 Å². The second-order valence-corrected chi connectivity index (χ2v) is 27.4. The first-order valence-corrected chi connectivity index (χ1v) is 30.4. The van der Waals surface area contributed by atoms with Crippen LogP contribution in [0.3, 0.4) is 0 Å². The lowest BCUT2D eigenvalue weighted by Crippen LogP contribution is -2.44. The van der Waals surface area contributed by atoms with Crippen LogP contribution in [0.4, 0.5) is 11.4 Å². The molecule has 16 rings (SSSR count). The molecule has 2 aromatic heterocycles. The molecule has 6 heterocycles. The molecule has 0 fully saturated rings. The summed E-state index contributed by atoms with van der Waals surface area (Å²) < 4.78 is 12.9. The number of fused-ring (bicyclic) bond motifs is 8. The van der Waals surface area contributed by atoms with Crippen LogP contribution in [-0.4, -0.2) is 26.2 Å². The third-order valence-electron chi connectivity index (χ3n) is 20.5. The maximum Gasteiger partial charge on any atom is 0.344 e. The minimum absolute atomic E-state index is 0.0102. The zero-order chi connectivity index (χ0) is 57.3. The largest absolute Gasteiger partial charge is 0.422 e. The van der Waals surface area contributed by atoms with Gasteiger partial charge in [0, 0.05) is 59.5 Å². The second-order valence-electron chi connectivity index (χ2n) is 27.4. The van der Waals surface area contributed by atoms with Gasteiger partial charge in [0.15, 0.2) is 0 Å². The van der Waals surface area contributed by atoms with Crippen molar-refractivity contribution in [3.63, 3.8) is 0 Å². The van der Waals surface area contributed by atoms with Gasteiger partial charge in [0.05, 0.1) is 11.1 Å². The summed E-state index contributed by atoms with van der Waals surface area (Å²) in [6.45, 7) is 22.7. The Hall–Kier alpha value is -8.74. The molecule has 12 aromatic rings. The third-order valence-corrected chi connectivity index (χ3v) is 20.5. The fourth-order valence-corrected chi connectivity index (χ4v) is 15.8. The predicted octanol–water partition coefficient (Wildman–Crippen LogP) is 19.2. The molecule has 4 aliphatic rings. The van der Waals surface area contributed by atoms with E-state index in [0.717, 1.165) is 150 Å². The van der Waals surface area contributed by atoms with Crippen molar-refractivity contribution in [2.24, 2.45) is 0 Å². The Morgan fingerprint density at radius 3 is 0.917 bits per heavy atom. The zero-order valence-corrected chi connectivity index (χ0v) is 49.4. The normalized spacial score (nSPS) is 17.3. The van der Waals surface area contributed by atoms with Gasteiger partial charge in [-0.05, 0) is 170 Å². The van der Waals surface area contributed by atoms with E-state index in [-0.39, 0.29) is 32.9 Å². The minimum atomic E-state index is -0.306. The maximum absolute atomic E-state index is 14.3. The molecule has 0 unspecified atom stereocenters. The lowest BCUT2D eigenvalue weighted by molar-refractivity contribution is 0.398. The summed E-state index contributed by atoms with van der Waals surface area (Å²) in [6, 6.07) is 61.3.